The standard InChI is InChI=1S/C7H11F3.C6H11F/c1-5(2)6(3-4-6)7(8,9)10;1-5(2)6(7)3-4-6/h5H,3-4H2,1-2H3;5H,3-4H2,1-2H3. The quantitative estimate of drug-likeness (QED) is 0.599. The van der Waals surface area contributed by atoms with Crippen LogP contribution in [-0.4, -0.2) is 11.8 Å². The summed E-state index contributed by atoms with van der Waals surface area (Å²) in [7, 11) is 0. The van der Waals surface area contributed by atoms with Crippen LogP contribution in [0.1, 0.15) is 53.4 Å². The zero-order valence-electron chi connectivity index (χ0n) is 11.0. The summed E-state index contributed by atoms with van der Waals surface area (Å²) in [5, 5.41) is 0. The van der Waals surface area contributed by atoms with E-state index in [4.69, 9.17) is 0 Å². The second-order valence-corrected chi connectivity index (χ2v) is 6.00. The van der Waals surface area contributed by atoms with E-state index in [-0.39, 0.29) is 11.8 Å². The van der Waals surface area contributed by atoms with Crippen molar-refractivity contribution in [1.29, 1.82) is 0 Å². The molecule has 0 N–H and O–H groups in total. The lowest BCUT2D eigenvalue weighted by Gasteiger charge is -2.22. The summed E-state index contributed by atoms with van der Waals surface area (Å²) in [5.41, 5.74) is -2.06. The molecule has 0 unspecified atom stereocenters. The molecular weight excluding hydrogens is 232 g/mol. The SMILES string of the molecule is CC(C)C1(C(F)(F)F)CC1.CC(C)C1(F)CC1. The van der Waals surface area contributed by atoms with E-state index >= 15 is 0 Å². The molecule has 17 heavy (non-hydrogen) atoms. The fourth-order valence-corrected chi connectivity index (χ4v) is 2.02. The van der Waals surface area contributed by atoms with Crippen molar-refractivity contribution in [2.24, 2.45) is 17.3 Å². The Morgan fingerprint density at radius 2 is 1.24 bits per heavy atom. The summed E-state index contributed by atoms with van der Waals surface area (Å²) in [5.74, 6) is -0.0139. The highest BCUT2D eigenvalue weighted by Gasteiger charge is 2.64. The van der Waals surface area contributed by atoms with Gasteiger partial charge in [0.15, 0.2) is 0 Å². The minimum Gasteiger partial charge on any atom is -0.244 e. The molecule has 0 amide bonds. The maximum Gasteiger partial charge on any atom is 0.394 e. The Morgan fingerprint density at radius 3 is 1.24 bits per heavy atom. The van der Waals surface area contributed by atoms with E-state index in [1.165, 1.54) is 0 Å². The lowest BCUT2D eigenvalue weighted by molar-refractivity contribution is -0.199. The lowest BCUT2D eigenvalue weighted by atomic mass is 9.92. The maximum atomic E-state index is 12.6. The molecule has 0 aromatic heterocycles. The van der Waals surface area contributed by atoms with Gasteiger partial charge in [0, 0.05) is 0 Å². The first kappa shape index (κ1) is 14.8. The van der Waals surface area contributed by atoms with Crippen molar-refractivity contribution in [3.05, 3.63) is 0 Å². The third kappa shape index (κ3) is 3.14. The number of hydrogen-bond acceptors (Lipinski definition) is 0. The molecule has 2 fully saturated rings. The van der Waals surface area contributed by atoms with Gasteiger partial charge in [-0.05, 0) is 37.5 Å². The van der Waals surface area contributed by atoms with Gasteiger partial charge >= 0.3 is 6.18 Å². The average Bonchev–Trinajstić information content (AvgIpc) is 2.94. The Labute approximate surface area is 101 Å². The van der Waals surface area contributed by atoms with Crippen LogP contribution in [0.4, 0.5) is 17.6 Å². The molecule has 2 aliphatic carbocycles. The summed E-state index contributed by atoms with van der Waals surface area (Å²) in [6.07, 6.45) is -1.72. The molecule has 0 aromatic rings. The first-order valence-corrected chi connectivity index (χ1v) is 6.31. The molecule has 0 aliphatic heterocycles. The fraction of sp³-hybridized carbons (Fsp3) is 1.00. The molecular formula is C13H22F4. The molecule has 0 bridgehead atoms. The van der Waals surface area contributed by atoms with Crippen molar-refractivity contribution in [3.63, 3.8) is 0 Å². The number of alkyl halides is 4. The van der Waals surface area contributed by atoms with Crippen LogP contribution in [0.15, 0.2) is 0 Å². The van der Waals surface area contributed by atoms with Gasteiger partial charge in [-0.3, -0.25) is 0 Å². The van der Waals surface area contributed by atoms with Crippen molar-refractivity contribution in [2.75, 3.05) is 0 Å². The summed E-state index contributed by atoms with van der Waals surface area (Å²) >= 11 is 0. The van der Waals surface area contributed by atoms with Crippen LogP contribution in [0.3, 0.4) is 0 Å². The predicted octanol–water partition coefficient (Wildman–Crippen LogP) is 5.13. The van der Waals surface area contributed by atoms with E-state index < -0.39 is 17.3 Å². The first-order valence-electron chi connectivity index (χ1n) is 6.31. The summed E-state index contributed by atoms with van der Waals surface area (Å²) in [6, 6.07) is 0. The third-order valence-electron chi connectivity index (χ3n) is 4.22. The Kier molecular flexibility index (Phi) is 3.85. The van der Waals surface area contributed by atoms with Crippen molar-refractivity contribution >= 4 is 0 Å². The van der Waals surface area contributed by atoms with Crippen LogP contribution in [0.25, 0.3) is 0 Å². The number of hydrogen-bond donors (Lipinski definition) is 0. The van der Waals surface area contributed by atoms with Gasteiger partial charge in [-0.25, -0.2) is 4.39 Å². The molecule has 0 nitrogen and oxygen atoms in total. The smallest absolute Gasteiger partial charge is 0.244 e. The molecule has 0 radical (unpaired) electrons. The summed E-state index contributed by atoms with van der Waals surface area (Å²) in [6.45, 7) is 7.15. The average molecular weight is 254 g/mol. The van der Waals surface area contributed by atoms with Crippen LogP contribution in [0.2, 0.25) is 0 Å². The predicted molar refractivity (Wildman–Crippen MR) is 60.5 cm³/mol. The molecule has 2 saturated carbocycles. The fourth-order valence-electron chi connectivity index (χ4n) is 2.02. The van der Waals surface area contributed by atoms with E-state index in [0.717, 1.165) is 12.8 Å². The van der Waals surface area contributed by atoms with Gasteiger partial charge in [-0.2, -0.15) is 13.2 Å². The zero-order valence-corrected chi connectivity index (χ0v) is 11.0. The molecule has 102 valence electrons. The molecule has 0 aromatic carbocycles. The van der Waals surface area contributed by atoms with Crippen LogP contribution in [-0.2, 0) is 0 Å². The largest absolute Gasteiger partial charge is 0.394 e. The maximum absolute atomic E-state index is 12.6. The Bertz CT molecular complexity index is 257. The lowest BCUT2D eigenvalue weighted by Crippen LogP contribution is -2.29. The number of halogens is 4. The third-order valence-corrected chi connectivity index (χ3v) is 4.22. The molecule has 0 atom stereocenters. The van der Waals surface area contributed by atoms with Gasteiger partial charge < -0.3 is 0 Å². The Hall–Kier alpha value is -0.280. The highest BCUT2D eigenvalue weighted by Crippen LogP contribution is 2.62. The van der Waals surface area contributed by atoms with Gasteiger partial charge in [-0.15, -0.1) is 0 Å². The normalized spacial score (nSPS) is 24.4. The molecule has 0 heterocycles. The van der Waals surface area contributed by atoms with E-state index in [2.05, 4.69) is 0 Å². The highest BCUT2D eigenvalue weighted by molar-refractivity contribution is 5.01. The molecule has 2 aliphatic rings. The monoisotopic (exact) mass is 254 g/mol. The Balaban J connectivity index is 0.000000181. The van der Waals surface area contributed by atoms with E-state index in [0.29, 0.717) is 12.8 Å². The van der Waals surface area contributed by atoms with Gasteiger partial charge in [0.2, 0.25) is 0 Å². The molecule has 0 spiro atoms. The summed E-state index contributed by atoms with van der Waals surface area (Å²) < 4.78 is 49.1. The zero-order chi connectivity index (χ0) is 13.5. The van der Waals surface area contributed by atoms with Crippen LogP contribution in [0.5, 0.6) is 0 Å². The van der Waals surface area contributed by atoms with Crippen LogP contribution in [0, 0.1) is 17.3 Å². The minimum absolute atomic E-state index is 0.243. The second-order valence-electron chi connectivity index (χ2n) is 6.00. The van der Waals surface area contributed by atoms with Gasteiger partial charge in [0.1, 0.15) is 5.67 Å². The van der Waals surface area contributed by atoms with Gasteiger partial charge in [-0.1, -0.05) is 27.7 Å². The highest BCUT2D eigenvalue weighted by atomic mass is 19.4. The van der Waals surface area contributed by atoms with Crippen LogP contribution >= 0.6 is 0 Å². The van der Waals surface area contributed by atoms with E-state index in [9.17, 15) is 17.6 Å². The molecule has 4 heteroatoms. The van der Waals surface area contributed by atoms with Gasteiger partial charge in [0.05, 0.1) is 5.41 Å². The second kappa shape index (κ2) is 4.43. The van der Waals surface area contributed by atoms with Crippen LogP contribution < -0.4 is 0 Å². The topological polar surface area (TPSA) is 0 Å². The number of rotatable bonds is 2. The molecule has 0 saturated heterocycles. The van der Waals surface area contributed by atoms with Crippen molar-refractivity contribution in [1.82, 2.24) is 0 Å². The first-order chi connectivity index (χ1) is 7.55. The summed E-state index contributed by atoms with van der Waals surface area (Å²) in [4.78, 5) is 0. The van der Waals surface area contributed by atoms with E-state index in [1.54, 1.807) is 13.8 Å². The Morgan fingerprint density at radius 1 is 0.824 bits per heavy atom. The molecule has 2 rings (SSSR count). The van der Waals surface area contributed by atoms with E-state index in [1.807, 2.05) is 13.8 Å². The minimum atomic E-state index is -3.97. The van der Waals surface area contributed by atoms with Crippen molar-refractivity contribution in [3.8, 4) is 0 Å². The van der Waals surface area contributed by atoms with Gasteiger partial charge in [0.25, 0.3) is 0 Å². The van der Waals surface area contributed by atoms with Crippen molar-refractivity contribution in [2.45, 2.75) is 65.2 Å². The van der Waals surface area contributed by atoms with Crippen molar-refractivity contribution < 1.29 is 17.6 Å².